The van der Waals surface area contributed by atoms with Crippen LogP contribution in [-0.2, 0) is 10.0 Å². The number of sulfonamides is 1. The van der Waals surface area contributed by atoms with E-state index in [1.807, 2.05) is 0 Å². The molecule has 0 fully saturated rings. The molecule has 0 radical (unpaired) electrons. The van der Waals surface area contributed by atoms with Crippen LogP contribution in [0.5, 0.6) is 0 Å². The van der Waals surface area contributed by atoms with E-state index in [1.54, 1.807) is 31.2 Å². The van der Waals surface area contributed by atoms with E-state index in [0.717, 1.165) is 23.0 Å². The molecule has 5 nitrogen and oxygen atoms in total. The van der Waals surface area contributed by atoms with Crippen LogP contribution >= 0.6 is 27.3 Å². The Labute approximate surface area is 128 Å². The van der Waals surface area contributed by atoms with Crippen LogP contribution < -0.4 is 4.72 Å². The first-order chi connectivity index (χ1) is 9.31. The third-order valence-electron chi connectivity index (χ3n) is 2.55. The molecular weight excluding hydrogens is 366 g/mol. The topological polar surface area (TPSA) is 83.5 Å². The van der Waals surface area contributed by atoms with Crippen molar-refractivity contribution in [3.05, 3.63) is 44.6 Å². The second kappa shape index (κ2) is 5.55. The SMILES string of the molecule is Cc1ccccc1NS(=O)(=O)c1cc(C(=O)O)sc1Br. The minimum Gasteiger partial charge on any atom is -0.477 e. The number of hydrogen-bond acceptors (Lipinski definition) is 4. The largest absolute Gasteiger partial charge is 0.477 e. The highest BCUT2D eigenvalue weighted by Crippen LogP contribution is 2.33. The predicted molar refractivity (Wildman–Crippen MR) is 81.0 cm³/mol. The summed E-state index contributed by atoms with van der Waals surface area (Å²) in [6, 6.07) is 8.08. The van der Waals surface area contributed by atoms with E-state index >= 15 is 0 Å². The van der Waals surface area contributed by atoms with Crippen LogP contribution in [0, 0.1) is 6.92 Å². The third kappa shape index (κ3) is 3.02. The normalized spacial score (nSPS) is 11.3. The Balaban J connectivity index is 2.41. The molecule has 2 N–H and O–H groups in total. The van der Waals surface area contributed by atoms with E-state index in [1.165, 1.54) is 0 Å². The second-order valence-corrected chi connectivity index (χ2v) is 8.00. The molecule has 0 amide bonds. The van der Waals surface area contributed by atoms with Crippen molar-refractivity contribution in [3.8, 4) is 0 Å². The van der Waals surface area contributed by atoms with E-state index in [9.17, 15) is 13.2 Å². The van der Waals surface area contributed by atoms with Gasteiger partial charge in [-0.2, -0.15) is 0 Å². The van der Waals surface area contributed by atoms with Gasteiger partial charge in [0.25, 0.3) is 10.0 Å². The van der Waals surface area contributed by atoms with Crippen molar-refractivity contribution in [1.82, 2.24) is 0 Å². The van der Waals surface area contributed by atoms with Crippen LogP contribution in [0.15, 0.2) is 39.0 Å². The Morgan fingerprint density at radius 2 is 2.00 bits per heavy atom. The first-order valence-electron chi connectivity index (χ1n) is 5.42. The van der Waals surface area contributed by atoms with Gasteiger partial charge in [0.15, 0.2) is 0 Å². The molecule has 106 valence electrons. The number of aryl methyl sites for hydroxylation is 1. The number of aromatic carboxylic acids is 1. The lowest BCUT2D eigenvalue weighted by Crippen LogP contribution is -2.13. The zero-order chi connectivity index (χ0) is 14.9. The fourth-order valence-electron chi connectivity index (χ4n) is 1.53. The number of hydrogen-bond donors (Lipinski definition) is 2. The van der Waals surface area contributed by atoms with Gasteiger partial charge in [0.05, 0.1) is 9.47 Å². The van der Waals surface area contributed by atoms with Crippen molar-refractivity contribution in [2.45, 2.75) is 11.8 Å². The Bertz CT molecular complexity index is 768. The smallest absolute Gasteiger partial charge is 0.345 e. The number of thiophene rings is 1. The standard InChI is InChI=1S/C12H10BrNO4S2/c1-7-4-2-3-5-8(7)14-20(17,18)10-6-9(12(15)16)19-11(10)13/h2-6,14H,1H3,(H,15,16). The van der Waals surface area contributed by atoms with Crippen molar-refractivity contribution in [3.63, 3.8) is 0 Å². The molecule has 2 aromatic rings. The minimum atomic E-state index is -3.83. The van der Waals surface area contributed by atoms with E-state index in [4.69, 9.17) is 5.11 Å². The predicted octanol–water partition coefficient (Wildman–Crippen LogP) is 3.32. The molecule has 2 rings (SSSR count). The van der Waals surface area contributed by atoms with Gasteiger partial charge >= 0.3 is 5.97 Å². The van der Waals surface area contributed by atoms with E-state index < -0.39 is 16.0 Å². The monoisotopic (exact) mass is 375 g/mol. The molecule has 0 saturated heterocycles. The minimum absolute atomic E-state index is 0.0398. The molecule has 0 aliphatic rings. The Kier molecular flexibility index (Phi) is 4.17. The summed E-state index contributed by atoms with van der Waals surface area (Å²) >= 11 is 3.95. The maximum atomic E-state index is 12.3. The van der Waals surface area contributed by atoms with Crippen molar-refractivity contribution in [1.29, 1.82) is 0 Å². The molecule has 0 saturated carbocycles. The van der Waals surface area contributed by atoms with Gasteiger partial charge in [0.2, 0.25) is 0 Å². The fourth-order valence-corrected chi connectivity index (χ4v) is 5.06. The van der Waals surface area contributed by atoms with Crippen LogP contribution in [0.25, 0.3) is 0 Å². The summed E-state index contributed by atoms with van der Waals surface area (Å²) in [5.74, 6) is -1.16. The zero-order valence-electron chi connectivity index (χ0n) is 10.3. The molecule has 1 heterocycles. The van der Waals surface area contributed by atoms with Gasteiger partial charge in [-0.25, -0.2) is 13.2 Å². The lowest BCUT2D eigenvalue weighted by Gasteiger charge is -2.09. The lowest BCUT2D eigenvalue weighted by molar-refractivity contribution is 0.0702. The Hall–Kier alpha value is -1.38. The third-order valence-corrected chi connectivity index (χ3v) is 6.15. The highest BCUT2D eigenvalue weighted by Gasteiger charge is 2.23. The number of halogens is 1. The van der Waals surface area contributed by atoms with Gasteiger partial charge in [0, 0.05) is 0 Å². The van der Waals surface area contributed by atoms with Crippen LogP contribution in [0.4, 0.5) is 5.69 Å². The zero-order valence-corrected chi connectivity index (χ0v) is 13.5. The van der Waals surface area contributed by atoms with Crippen LogP contribution in [0.3, 0.4) is 0 Å². The number of carboxylic acids is 1. The van der Waals surface area contributed by atoms with E-state index in [0.29, 0.717) is 5.69 Å². The van der Waals surface area contributed by atoms with Crippen LogP contribution in [-0.4, -0.2) is 19.5 Å². The van der Waals surface area contributed by atoms with Gasteiger partial charge < -0.3 is 5.11 Å². The van der Waals surface area contributed by atoms with Crippen LogP contribution in [0.1, 0.15) is 15.2 Å². The van der Waals surface area contributed by atoms with Crippen molar-refractivity contribution >= 4 is 48.9 Å². The van der Waals surface area contributed by atoms with Crippen molar-refractivity contribution < 1.29 is 18.3 Å². The molecule has 1 aromatic heterocycles. The van der Waals surface area contributed by atoms with Crippen LogP contribution in [0.2, 0.25) is 0 Å². The molecule has 20 heavy (non-hydrogen) atoms. The van der Waals surface area contributed by atoms with Gasteiger partial charge in [-0.15, -0.1) is 11.3 Å². The second-order valence-electron chi connectivity index (χ2n) is 3.97. The number of rotatable bonds is 4. The summed E-state index contributed by atoms with van der Waals surface area (Å²) < 4.78 is 27.3. The molecule has 0 aliphatic carbocycles. The van der Waals surface area contributed by atoms with Crippen molar-refractivity contribution in [2.24, 2.45) is 0 Å². The molecular formula is C12H10BrNO4S2. The summed E-state index contributed by atoms with van der Waals surface area (Å²) in [6.45, 7) is 1.78. The summed E-state index contributed by atoms with van der Waals surface area (Å²) in [7, 11) is -3.83. The molecule has 8 heteroatoms. The average Bonchev–Trinajstić information content (AvgIpc) is 2.75. The Morgan fingerprint density at radius 3 is 2.55 bits per heavy atom. The van der Waals surface area contributed by atoms with Gasteiger partial charge in [-0.05, 0) is 40.5 Å². The summed E-state index contributed by atoms with van der Waals surface area (Å²) in [4.78, 5) is 10.8. The summed E-state index contributed by atoms with van der Waals surface area (Å²) in [5, 5.41) is 8.90. The van der Waals surface area contributed by atoms with Gasteiger partial charge in [-0.1, -0.05) is 18.2 Å². The van der Waals surface area contributed by atoms with Gasteiger partial charge in [0.1, 0.15) is 9.77 Å². The number of benzene rings is 1. The number of para-hydroxylation sites is 1. The number of nitrogens with one attached hydrogen (secondary N) is 1. The highest BCUT2D eigenvalue weighted by atomic mass is 79.9. The maximum absolute atomic E-state index is 12.3. The highest BCUT2D eigenvalue weighted by molar-refractivity contribution is 9.11. The van der Waals surface area contributed by atoms with Gasteiger partial charge in [-0.3, -0.25) is 4.72 Å². The molecule has 0 aliphatic heterocycles. The van der Waals surface area contributed by atoms with Crippen molar-refractivity contribution in [2.75, 3.05) is 4.72 Å². The molecule has 0 spiro atoms. The molecule has 0 unspecified atom stereocenters. The lowest BCUT2D eigenvalue weighted by atomic mass is 10.2. The molecule has 0 atom stereocenters. The number of carboxylic acid groups (broad SMARTS) is 1. The average molecular weight is 376 g/mol. The fraction of sp³-hybridized carbons (Fsp3) is 0.0833. The number of carbonyl (C=O) groups is 1. The molecule has 0 bridgehead atoms. The maximum Gasteiger partial charge on any atom is 0.345 e. The summed E-state index contributed by atoms with van der Waals surface area (Å²) in [6.07, 6.45) is 0. The number of anilines is 1. The van der Waals surface area contributed by atoms with E-state index in [-0.39, 0.29) is 13.6 Å². The Morgan fingerprint density at radius 1 is 1.35 bits per heavy atom. The summed E-state index contributed by atoms with van der Waals surface area (Å²) in [5.41, 5.74) is 1.24. The van der Waals surface area contributed by atoms with E-state index in [2.05, 4.69) is 20.7 Å². The molecule has 1 aromatic carbocycles. The first-order valence-corrected chi connectivity index (χ1v) is 8.51. The quantitative estimate of drug-likeness (QED) is 0.858. The first kappa shape index (κ1) is 15.0.